The van der Waals surface area contributed by atoms with Crippen molar-refractivity contribution in [3.8, 4) is 22.3 Å². The van der Waals surface area contributed by atoms with Gasteiger partial charge in [-0.1, -0.05) is 159 Å². The maximum atomic E-state index is 6.09. The fourth-order valence-corrected chi connectivity index (χ4v) is 8.22. The summed E-state index contributed by atoms with van der Waals surface area (Å²) in [5, 5.41) is 1.54. The molecule has 2 atom stereocenters. The third kappa shape index (κ3) is 4.57. The van der Waals surface area contributed by atoms with Gasteiger partial charge >= 0.3 is 0 Å². The Hall–Kier alpha value is -3.62. The van der Waals surface area contributed by atoms with E-state index in [-0.39, 0.29) is 9.74 Å². The first-order chi connectivity index (χ1) is 21.2. The van der Waals surface area contributed by atoms with Crippen LogP contribution in [0, 0.1) is 13.8 Å². The molecular weight excluding hydrogens is 643 g/mol. The summed E-state index contributed by atoms with van der Waals surface area (Å²) in [7, 11) is 0. The molecule has 216 valence electrons. The van der Waals surface area contributed by atoms with E-state index in [9.17, 15) is 0 Å². The van der Waals surface area contributed by atoms with E-state index >= 15 is 0 Å². The van der Waals surface area contributed by atoms with Crippen LogP contribution in [0.4, 0.5) is 0 Å². The smallest absolute Gasteiger partial charge is 0.0843 e. The molecule has 44 heavy (non-hydrogen) atoms. The van der Waals surface area contributed by atoms with Crippen LogP contribution in [0.3, 0.4) is 0 Å². The van der Waals surface area contributed by atoms with Gasteiger partial charge in [0.05, 0.1) is 0 Å². The lowest BCUT2D eigenvalue weighted by Crippen LogP contribution is -2.22. The molecule has 6 aromatic rings. The van der Waals surface area contributed by atoms with Crippen molar-refractivity contribution in [1.82, 2.24) is 0 Å². The van der Waals surface area contributed by atoms with Crippen LogP contribution in [0.5, 0.6) is 0 Å². The Labute approximate surface area is 278 Å². The number of alkyl halides is 1. The third-order valence-electron chi connectivity index (χ3n) is 9.27. The van der Waals surface area contributed by atoms with Gasteiger partial charge in [-0.2, -0.15) is 0 Å². The standard InChI is InChI=1S/C21H17Cl.C20H14BrCl/c1-14-7-12-18-17-5-3-4-6-19(17)21(2,20(18)13-14)15-8-10-16(22)11-9-15;1-13-6-11-17-16-4-2-3-5-18(16)20(21,19(17)12-13)14-7-9-15(22)10-8-14/h3-13H,1-2H3;2-12H,1H3. The molecule has 0 fully saturated rings. The second-order valence-corrected chi connectivity index (χ2v) is 14.0. The predicted octanol–water partition coefficient (Wildman–Crippen LogP) is 12.3. The Balaban J connectivity index is 0.000000142. The Bertz CT molecular complexity index is 1880. The van der Waals surface area contributed by atoms with Crippen LogP contribution in [0.25, 0.3) is 22.3 Å². The number of halogens is 3. The van der Waals surface area contributed by atoms with Crippen LogP contribution in [-0.2, 0) is 9.74 Å². The van der Waals surface area contributed by atoms with E-state index in [4.69, 9.17) is 23.2 Å². The van der Waals surface area contributed by atoms with Gasteiger partial charge in [0.15, 0.2) is 0 Å². The molecule has 0 aromatic heterocycles. The van der Waals surface area contributed by atoms with Crippen molar-refractivity contribution in [2.24, 2.45) is 0 Å². The summed E-state index contributed by atoms with van der Waals surface area (Å²) in [6, 6.07) is 47.2. The summed E-state index contributed by atoms with van der Waals surface area (Å²) < 4.78 is -0.310. The number of hydrogen-bond donors (Lipinski definition) is 0. The van der Waals surface area contributed by atoms with Gasteiger partial charge in [0.1, 0.15) is 4.32 Å². The largest absolute Gasteiger partial charge is 0.102 e. The Morgan fingerprint density at radius 2 is 0.886 bits per heavy atom. The lowest BCUT2D eigenvalue weighted by molar-refractivity contribution is 0.713. The first kappa shape index (κ1) is 29.1. The van der Waals surface area contributed by atoms with Crippen molar-refractivity contribution < 1.29 is 0 Å². The molecule has 0 nitrogen and oxygen atoms in total. The average Bonchev–Trinajstić information content (AvgIpc) is 3.44. The molecule has 0 N–H and O–H groups in total. The molecule has 6 aromatic carbocycles. The van der Waals surface area contributed by atoms with Gasteiger partial charge in [-0.25, -0.2) is 0 Å². The number of aryl methyl sites for hydroxylation is 2. The summed E-state index contributed by atoms with van der Waals surface area (Å²) >= 11 is 16.2. The van der Waals surface area contributed by atoms with Crippen molar-refractivity contribution in [3.05, 3.63) is 188 Å². The van der Waals surface area contributed by atoms with Gasteiger partial charge in [-0.15, -0.1) is 0 Å². The van der Waals surface area contributed by atoms with Crippen LogP contribution in [0.1, 0.15) is 51.4 Å². The molecule has 0 aliphatic heterocycles. The first-order valence-electron chi connectivity index (χ1n) is 14.8. The van der Waals surface area contributed by atoms with Gasteiger partial charge in [0.2, 0.25) is 0 Å². The highest BCUT2D eigenvalue weighted by Crippen LogP contribution is 2.56. The van der Waals surface area contributed by atoms with Gasteiger partial charge in [0, 0.05) is 15.5 Å². The van der Waals surface area contributed by atoms with Crippen LogP contribution in [0.2, 0.25) is 10.0 Å². The monoisotopic (exact) mass is 672 g/mol. The Morgan fingerprint density at radius 3 is 1.48 bits per heavy atom. The molecule has 0 spiro atoms. The van der Waals surface area contributed by atoms with Crippen molar-refractivity contribution >= 4 is 39.1 Å². The second kappa shape index (κ2) is 11.1. The highest BCUT2D eigenvalue weighted by Gasteiger charge is 2.43. The first-order valence-corrected chi connectivity index (χ1v) is 16.4. The van der Waals surface area contributed by atoms with Crippen LogP contribution in [0.15, 0.2) is 133 Å². The maximum Gasteiger partial charge on any atom is 0.102 e. The quantitative estimate of drug-likeness (QED) is 0.160. The fraction of sp³-hybridized carbons (Fsp3) is 0.122. The molecule has 0 saturated carbocycles. The fourth-order valence-electron chi connectivity index (χ4n) is 7.03. The molecule has 2 aliphatic rings. The SMILES string of the molecule is Cc1ccc2c(c1)C(Br)(c1ccc(Cl)cc1)c1ccccc1-2.Cc1ccc2c(c1)C(C)(c1ccc(Cl)cc1)c1ccccc1-2. The topological polar surface area (TPSA) is 0 Å². The number of rotatable bonds is 2. The van der Waals surface area contributed by atoms with Crippen molar-refractivity contribution in [1.29, 1.82) is 0 Å². The molecule has 0 saturated heterocycles. The Kier molecular flexibility index (Phi) is 7.33. The third-order valence-corrected chi connectivity index (χ3v) is 11.1. The van der Waals surface area contributed by atoms with E-state index < -0.39 is 0 Å². The minimum Gasteiger partial charge on any atom is -0.0843 e. The highest BCUT2D eigenvalue weighted by atomic mass is 79.9. The molecule has 2 unspecified atom stereocenters. The second-order valence-electron chi connectivity index (χ2n) is 12.0. The molecule has 0 bridgehead atoms. The maximum absolute atomic E-state index is 6.09. The molecule has 3 heteroatoms. The zero-order chi connectivity index (χ0) is 30.6. The van der Waals surface area contributed by atoms with Crippen molar-refractivity contribution in [2.75, 3.05) is 0 Å². The van der Waals surface area contributed by atoms with Crippen molar-refractivity contribution in [2.45, 2.75) is 30.5 Å². The predicted molar refractivity (Wildman–Crippen MR) is 190 cm³/mol. The summed E-state index contributed by atoms with van der Waals surface area (Å²) in [4.78, 5) is 0. The molecule has 2 aliphatic carbocycles. The molecule has 8 rings (SSSR count). The van der Waals surface area contributed by atoms with Gasteiger partial charge in [0.25, 0.3) is 0 Å². The number of benzene rings is 6. The zero-order valence-corrected chi connectivity index (χ0v) is 27.9. The van der Waals surface area contributed by atoms with Crippen LogP contribution >= 0.6 is 39.1 Å². The lowest BCUT2D eigenvalue weighted by atomic mass is 9.74. The van der Waals surface area contributed by atoms with Gasteiger partial charge in [-0.3, -0.25) is 0 Å². The van der Waals surface area contributed by atoms with E-state index in [2.05, 4.69) is 146 Å². The normalized spacial score (nSPS) is 18.9. The van der Waals surface area contributed by atoms with Crippen molar-refractivity contribution in [3.63, 3.8) is 0 Å². The Morgan fingerprint density at radius 1 is 0.455 bits per heavy atom. The molecular formula is C41H31BrCl2. The lowest BCUT2D eigenvalue weighted by Gasteiger charge is -2.28. The van der Waals surface area contributed by atoms with Gasteiger partial charge < -0.3 is 0 Å². The molecule has 0 radical (unpaired) electrons. The molecule has 0 heterocycles. The minimum absolute atomic E-state index is 0.122. The average molecular weight is 675 g/mol. The minimum atomic E-state index is -0.310. The van der Waals surface area contributed by atoms with Gasteiger partial charge in [-0.05, 0) is 101 Å². The van der Waals surface area contributed by atoms with Crippen LogP contribution in [-0.4, -0.2) is 0 Å². The summed E-state index contributed by atoms with van der Waals surface area (Å²) in [6.45, 7) is 6.62. The number of fused-ring (bicyclic) bond motifs is 6. The van der Waals surface area contributed by atoms with E-state index in [1.165, 1.54) is 66.8 Å². The highest BCUT2D eigenvalue weighted by molar-refractivity contribution is 9.10. The molecule has 0 amide bonds. The van der Waals surface area contributed by atoms with E-state index in [0.29, 0.717) is 0 Å². The summed E-state index contributed by atoms with van der Waals surface area (Å²) in [5.74, 6) is 0. The van der Waals surface area contributed by atoms with E-state index in [0.717, 1.165) is 10.0 Å². The zero-order valence-electron chi connectivity index (χ0n) is 24.8. The van der Waals surface area contributed by atoms with E-state index in [1.807, 2.05) is 24.3 Å². The summed E-state index contributed by atoms with van der Waals surface area (Å²) in [5.41, 5.74) is 15.6. The number of hydrogen-bond acceptors (Lipinski definition) is 0. The van der Waals surface area contributed by atoms with E-state index in [1.54, 1.807) is 0 Å². The van der Waals surface area contributed by atoms with Crippen LogP contribution < -0.4 is 0 Å². The summed E-state index contributed by atoms with van der Waals surface area (Å²) in [6.07, 6.45) is 0.